The Morgan fingerprint density at radius 3 is 2.62 bits per heavy atom. The molecule has 0 fully saturated rings. The molecule has 110 valence electrons. The molecule has 0 unspecified atom stereocenters. The SMILES string of the molecule is Cc1ccc(N=C2CSc3nnc(C(F)(F)F)n3N2)cc1. The molecular weight excluding hydrogens is 303 g/mol. The largest absolute Gasteiger partial charge is 0.453 e. The number of halogens is 3. The number of nitrogens with one attached hydrogen (secondary N) is 1. The van der Waals surface area contributed by atoms with E-state index in [1.54, 1.807) is 12.1 Å². The van der Waals surface area contributed by atoms with Crippen molar-refractivity contribution in [3.63, 3.8) is 0 Å². The number of fused-ring (bicyclic) bond motifs is 1. The first kappa shape index (κ1) is 13.9. The van der Waals surface area contributed by atoms with Gasteiger partial charge in [0.25, 0.3) is 5.82 Å². The summed E-state index contributed by atoms with van der Waals surface area (Å²) in [6.07, 6.45) is -4.56. The lowest BCUT2D eigenvalue weighted by Gasteiger charge is -2.19. The molecule has 0 amide bonds. The van der Waals surface area contributed by atoms with E-state index in [2.05, 4.69) is 20.6 Å². The number of rotatable bonds is 1. The Kier molecular flexibility index (Phi) is 3.36. The quantitative estimate of drug-likeness (QED) is 0.879. The van der Waals surface area contributed by atoms with Crippen LogP contribution in [-0.4, -0.2) is 26.5 Å². The molecule has 0 saturated heterocycles. The fourth-order valence-electron chi connectivity index (χ4n) is 1.77. The lowest BCUT2D eigenvalue weighted by Crippen LogP contribution is -2.33. The highest BCUT2D eigenvalue weighted by atomic mass is 32.2. The maximum atomic E-state index is 12.8. The minimum atomic E-state index is -4.56. The number of aliphatic imine (C=N–C) groups is 1. The number of alkyl halides is 3. The number of hydrogen-bond donors (Lipinski definition) is 1. The molecule has 21 heavy (non-hydrogen) atoms. The molecule has 1 N–H and O–H groups in total. The first-order valence-electron chi connectivity index (χ1n) is 6.00. The van der Waals surface area contributed by atoms with Crippen LogP contribution in [-0.2, 0) is 6.18 Å². The number of amidine groups is 1. The number of hydrogen-bond acceptors (Lipinski definition) is 4. The minimum Gasteiger partial charge on any atom is -0.276 e. The number of nitrogens with zero attached hydrogens (tertiary/aromatic N) is 4. The van der Waals surface area contributed by atoms with Crippen LogP contribution in [0.2, 0.25) is 0 Å². The van der Waals surface area contributed by atoms with Crippen LogP contribution < -0.4 is 5.43 Å². The van der Waals surface area contributed by atoms with Crippen LogP contribution in [0.5, 0.6) is 0 Å². The molecule has 5 nitrogen and oxygen atoms in total. The highest BCUT2D eigenvalue weighted by molar-refractivity contribution is 7.99. The molecule has 0 saturated carbocycles. The molecule has 3 rings (SSSR count). The van der Waals surface area contributed by atoms with Gasteiger partial charge in [0.05, 0.1) is 11.4 Å². The van der Waals surface area contributed by atoms with E-state index in [-0.39, 0.29) is 5.16 Å². The van der Waals surface area contributed by atoms with Crippen LogP contribution in [0.1, 0.15) is 11.4 Å². The molecule has 0 bridgehead atoms. The molecule has 1 aromatic carbocycles. The predicted octanol–water partition coefficient (Wildman–Crippen LogP) is 2.98. The van der Waals surface area contributed by atoms with Crippen molar-refractivity contribution in [3.8, 4) is 0 Å². The van der Waals surface area contributed by atoms with E-state index < -0.39 is 12.0 Å². The fraction of sp³-hybridized carbons (Fsp3) is 0.250. The predicted molar refractivity (Wildman–Crippen MR) is 73.4 cm³/mol. The molecule has 0 aliphatic carbocycles. The van der Waals surface area contributed by atoms with Crippen LogP contribution in [0.4, 0.5) is 18.9 Å². The number of benzene rings is 1. The van der Waals surface area contributed by atoms with Gasteiger partial charge in [-0.3, -0.25) is 5.43 Å². The van der Waals surface area contributed by atoms with Crippen molar-refractivity contribution < 1.29 is 13.2 Å². The van der Waals surface area contributed by atoms with Crippen LogP contribution in [0, 0.1) is 6.92 Å². The lowest BCUT2D eigenvalue weighted by molar-refractivity contribution is -0.146. The second-order valence-electron chi connectivity index (χ2n) is 4.43. The Hall–Kier alpha value is -2.03. The number of aromatic nitrogens is 3. The summed E-state index contributed by atoms with van der Waals surface area (Å²) in [5.74, 6) is -0.257. The summed E-state index contributed by atoms with van der Waals surface area (Å²) in [5, 5.41) is 6.86. The normalized spacial score (nSPS) is 16.7. The Morgan fingerprint density at radius 1 is 1.24 bits per heavy atom. The molecule has 0 atom stereocenters. The van der Waals surface area contributed by atoms with Crippen LogP contribution >= 0.6 is 11.8 Å². The molecule has 0 radical (unpaired) electrons. The Labute approximate surface area is 122 Å². The first-order chi connectivity index (χ1) is 9.93. The van der Waals surface area contributed by atoms with Crippen molar-refractivity contribution in [1.82, 2.24) is 14.9 Å². The monoisotopic (exact) mass is 313 g/mol. The van der Waals surface area contributed by atoms with Crippen molar-refractivity contribution in [2.75, 3.05) is 11.2 Å². The molecule has 1 aromatic heterocycles. The van der Waals surface area contributed by atoms with E-state index in [9.17, 15) is 13.2 Å². The average molecular weight is 313 g/mol. The minimum absolute atomic E-state index is 0.171. The van der Waals surface area contributed by atoms with E-state index in [1.165, 1.54) is 0 Å². The van der Waals surface area contributed by atoms with Gasteiger partial charge in [-0.05, 0) is 19.1 Å². The Bertz CT molecular complexity index is 690. The van der Waals surface area contributed by atoms with Crippen molar-refractivity contribution in [2.45, 2.75) is 18.3 Å². The molecule has 2 heterocycles. The lowest BCUT2D eigenvalue weighted by atomic mass is 10.2. The van der Waals surface area contributed by atoms with E-state index >= 15 is 0 Å². The highest BCUT2D eigenvalue weighted by Crippen LogP contribution is 2.31. The van der Waals surface area contributed by atoms with Gasteiger partial charge in [0, 0.05) is 0 Å². The Balaban J connectivity index is 1.90. The molecule has 0 spiro atoms. The first-order valence-corrected chi connectivity index (χ1v) is 6.99. The van der Waals surface area contributed by atoms with Crippen LogP contribution in [0.3, 0.4) is 0 Å². The summed E-state index contributed by atoms with van der Waals surface area (Å²) >= 11 is 1.15. The summed E-state index contributed by atoms with van der Waals surface area (Å²) in [7, 11) is 0. The zero-order valence-corrected chi connectivity index (χ0v) is 11.7. The third-order valence-electron chi connectivity index (χ3n) is 2.76. The topological polar surface area (TPSA) is 55.1 Å². The molecular formula is C12H10F3N5S. The summed E-state index contributed by atoms with van der Waals surface area (Å²) < 4.78 is 39.2. The van der Waals surface area contributed by atoms with Gasteiger partial charge in [-0.15, -0.1) is 10.2 Å². The standard InChI is InChI=1S/C12H10F3N5S/c1-7-2-4-8(5-3-7)16-9-6-21-11-18-17-10(12(13,14)15)20(11)19-9/h2-5H,6H2,1H3,(H,16,19). The summed E-state index contributed by atoms with van der Waals surface area (Å²) in [5.41, 5.74) is 4.38. The van der Waals surface area contributed by atoms with Crippen molar-refractivity contribution >= 4 is 23.3 Å². The molecule has 1 aliphatic heterocycles. The third kappa shape index (κ3) is 2.87. The summed E-state index contributed by atoms with van der Waals surface area (Å²) in [6, 6.07) is 7.39. The van der Waals surface area contributed by atoms with Crippen molar-refractivity contribution in [3.05, 3.63) is 35.7 Å². The third-order valence-corrected chi connectivity index (χ3v) is 3.70. The summed E-state index contributed by atoms with van der Waals surface area (Å²) in [6.45, 7) is 1.95. The van der Waals surface area contributed by atoms with Gasteiger partial charge in [-0.2, -0.15) is 13.2 Å². The molecule has 2 aromatic rings. The fourth-order valence-corrected chi connectivity index (χ4v) is 2.53. The summed E-state index contributed by atoms with van der Waals surface area (Å²) in [4.78, 5) is 4.30. The van der Waals surface area contributed by atoms with Crippen LogP contribution in [0.25, 0.3) is 0 Å². The maximum Gasteiger partial charge on any atom is 0.453 e. The smallest absolute Gasteiger partial charge is 0.276 e. The van der Waals surface area contributed by atoms with E-state index in [1.807, 2.05) is 19.1 Å². The van der Waals surface area contributed by atoms with Crippen molar-refractivity contribution in [1.29, 1.82) is 0 Å². The zero-order chi connectivity index (χ0) is 15.0. The number of thioether (sulfide) groups is 1. The van der Waals surface area contributed by atoms with Gasteiger partial charge < -0.3 is 0 Å². The van der Waals surface area contributed by atoms with E-state index in [0.29, 0.717) is 17.3 Å². The molecule has 9 heteroatoms. The van der Waals surface area contributed by atoms with Gasteiger partial charge in [0.15, 0.2) is 0 Å². The van der Waals surface area contributed by atoms with E-state index in [0.717, 1.165) is 22.0 Å². The van der Waals surface area contributed by atoms with Crippen molar-refractivity contribution in [2.24, 2.45) is 4.99 Å². The zero-order valence-electron chi connectivity index (χ0n) is 10.8. The van der Waals surface area contributed by atoms with Gasteiger partial charge in [0.1, 0.15) is 5.84 Å². The highest BCUT2D eigenvalue weighted by Gasteiger charge is 2.40. The average Bonchev–Trinajstić information content (AvgIpc) is 2.84. The van der Waals surface area contributed by atoms with Crippen LogP contribution in [0.15, 0.2) is 34.4 Å². The second-order valence-corrected chi connectivity index (χ2v) is 5.38. The van der Waals surface area contributed by atoms with E-state index in [4.69, 9.17) is 0 Å². The number of aryl methyl sites for hydroxylation is 1. The second kappa shape index (κ2) is 5.06. The maximum absolute atomic E-state index is 12.8. The molecule has 1 aliphatic rings. The van der Waals surface area contributed by atoms with Gasteiger partial charge in [0.2, 0.25) is 5.16 Å². The van der Waals surface area contributed by atoms with Gasteiger partial charge in [-0.25, -0.2) is 9.67 Å². The van der Waals surface area contributed by atoms with Gasteiger partial charge >= 0.3 is 6.18 Å². The van der Waals surface area contributed by atoms with Gasteiger partial charge in [-0.1, -0.05) is 29.5 Å². The Morgan fingerprint density at radius 2 is 1.95 bits per heavy atom.